The third kappa shape index (κ3) is 5.67. The molecule has 0 atom stereocenters. The monoisotopic (exact) mass is 431 g/mol. The zero-order valence-corrected chi connectivity index (χ0v) is 17.5. The number of carbonyl (C=O) groups is 1. The van der Waals surface area contributed by atoms with Crippen LogP contribution in [0.15, 0.2) is 89.0 Å². The van der Waals surface area contributed by atoms with E-state index in [0.29, 0.717) is 30.8 Å². The number of hydrogen-bond donors (Lipinski definition) is 1. The third-order valence-electron chi connectivity index (χ3n) is 4.53. The van der Waals surface area contributed by atoms with E-state index in [4.69, 9.17) is 4.74 Å². The number of hydrogen-bond acceptors (Lipinski definition) is 5. The van der Waals surface area contributed by atoms with Crippen molar-refractivity contribution in [3.05, 3.63) is 94.6 Å². The molecular formula is C24H21N3O3S. The number of para-hydroxylation sites is 1. The van der Waals surface area contributed by atoms with E-state index in [1.54, 1.807) is 29.5 Å². The van der Waals surface area contributed by atoms with Gasteiger partial charge in [0, 0.05) is 24.7 Å². The Morgan fingerprint density at radius 3 is 2.45 bits per heavy atom. The highest BCUT2D eigenvalue weighted by atomic mass is 32.1. The van der Waals surface area contributed by atoms with Crippen molar-refractivity contribution >= 4 is 22.9 Å². The molecule has 0 aliphatic rings. The molecule has 2 aromatic carbocycles. The maximum absolute atomic E-state index is 12.3. The number of anilines is 1. The minimum Gasteiger partial charge on any atom is -0.457 e. The molecule has 6 nitrogen and oxygen atoms in total. The molecule has 0 saturated carbocycles. The SMILES string of the molecule is O=C(CCCn1nc(-c2cccs2)ccc1=O)Nc1ccc(Oc2ccccc2)cc1. The van der Waals surface area contributed by atoms with Gasteiger partial charge in [0.05, 0.1) is 4.88 Å². The average molecular weight is 432 g/mol. The minimum atomic E-state index is -0.172. The van der Waals surface area contributed by atoms with Gasteiger partial charge in [-0.15, -0.1) is 11.3 Å². The third-order valence-corrected chi connectivity index (χ3v) is 5.42. The summed E-state index contributed by atoms with van der Waals surface area (Å²) < 4.78 is 7.16. The highest BCUT2D eigenvalue weighted by Gasteiger charge is 2.07. The average Bonchev–Trinajstić information content (AvgIpc) is 3.32. The first kappa shape index (κ1) is 20.6. The number of thiophene rings is 1. The molecule has 0 bridgehead atoms. The molecule has 0 saturated heterocycles. The number of carbonyl (C=O) groups excluding carboxylic acids is 1. The van der Waals surface area contributed by atoms with Gasteiger partial charge in [-0.2, -0.15) is 5.10 Å². The lowest BCUT2D eigenvalue weighted by molar-refractivity contribution is -0.116. The highest BCUT2D eigenvalue weighted by Crippen LogP contribution is 2.23. The van der Waals surface area contributed by atoms with E-state index >= 15 is 0 Å². The summed E-state index contributed by atoms with van der Waals surface area (Å²) in [5, 5.41) is 9.25. The number of nitrogens with zero attached hydrogens (tertiary/aromatic N) is 2. The van der Waals surface area contributed by atoms with Gasteiger partial charge < -0.3 is 10.1 Å². The van der Waals surface area contributed by atoms with Gasteiger partial charge in [0.15, 0.2) is 0 Å². The van der Waals surface area contributed by atoms with Crippen LogP contribution in [0.2, 0.25) is 0 Å². The quantitative estimate of drug-likeness (QED) is 0.417. The Kier molecular flexibility index (Phi) is 6.54. The molecule has 0 aliphatic carbocycles. The second-order valence-corrected chi connectivity index (χ2v) is 7.80. The summed E-state index contributed by atoms with van der Waals surface area (Å²) in [5.41, 5.74) is 1.28. The molecule has 0 unspecified atom stereocenters. The van der Waals surface area contributed by atoms with Crippen LogP contribution >= 0.6 is 11.3 Å². The normalized spacial score (nSPS) is 10.6. The second kappa shape index (κ2) is 9.86. The number of benzene rings is 2. The molecule has 2 aromatic heterocycles. The van der Waals surface area contributed by atoms with Crippen molar-refractivity contribution in [3.63, 3.8) is 0 Å². The van der Waals surface area contributed by atoms with E-state index < -0.39 is 0 Å². The Hall–Kier alpha value is -3.71. The van der Waals surface area contributed by atoms with Gasteiger partial charge in [-0.05, 0) is 60.3 Å². The van der Waals surface area contributed by atoms with Crippen LogP contribution in [0.3, 0.4) is 0 Å². The molecule has 0 aliphatic heterocycles. The number of rotatable bonds is 8. The summed E-state index contributed by atoms with van der Waals surface area (Å²) in [7, 11) is 0. The summed E-state index contributed by atoms with van der Waals surface area (Å²) in [6, 6.07) is 23.9. The number of aryl methyl sites for hydroxylation is 1. The minimum absolute atomic E-state index is 0.112. The molecular weight excluding hydrogens is 410 g/mol. The molecule has 4 aromatic rings. The van der Waals surface area contributed by atoms with Gasteiger partial charge in [0.1, 0.15) is 17.2 Å². The maximum Gasteiger partial charge on any atom is 0.266 e. The van der Waals surface area contributed by atoms with Crippen LogP contribution in [0.1, 0.15) is 12.8 Å². The number of aromatic nitrogens is 2. The Balaban J connectivity index is 1.28. The summed E-state index contributed by atoms with van der Waals surface area (Å²) in [6.07, 6.45) is 0.807. The van der Waals surface area contributed by atoms with Crippen molar-refractivity contribution in [2.24, 2.45) is 0 Å². The van der Waals surface area contributed by atoms with E-state index in [1.807, 2.05) is 60.0 Å². The topological polar surface area (TPSA) is 73.2 Å². The first-order chi connectivity index (χ1) is 15.2. The summed E-state index contributed by atoms with van der Waals surface area (Å²) >= 11 is 1.57. The molecule has 1 N–H and O–H groups in total. The predicted molar refractivity (Wildman–Crippen MR) is 123 cm³/mol. The molecule has 0 fully saturated rings. The fourth-order valence-corrected chi connectivity index (χ4v) is 3.70. The van der Waals surface area contributed by atoms with Crippen LogP contribution in [0.4, 0.5) is 5.69 Å². The molecule has 156 valence electrons. The van der Waals surface area contributed by atoms with Crippen LogP contribution in [0.5, 0.6) is 11.5 Å². The lowest BCUT2D eigenvalue weighted by atomic mass is 10.2. The Labute approximate surface area is 183 Å². The smallest absolute Gasteiger partial charge is 0.266 e. The van der Waals surface area contributed by atoms with E-state index in [0.717, 1.165) is 16.3 Å². The Morgan fingerprint density at radius 2 is 1.71 bits per heavy atom. The molecule has 7 heteroatoms. The van der Waals surface area contributed by atoms with Crippen molar-refractivity contribution in [3.8, 4) is 22.1 Å². The second-order valence-electron chi connectivity index (χ2n) is 6.85. The van der Waals surface area contributed by atoms with E-state index in [9.17, 15) is 9.59 Å². The van der Waals surface area contributed by atoms with Crippen molar-refractivity contribution in [2.75, 3.05) is 5.32 Å². The summed E-state index contributed by atoms with van der Waals surface area (Å²) in [5.74, 6) is 1.34. The zero-order valence-electron chi connectivity index (χ0n) is 16.7. The zero-order chi connectivity index (χ0) is 21.5. The fourth-order valence-electron chi connectivity index (χ4n) is 3.01. The molecule has 4 rings (SSSR count). The Morgan fingerprint density at radius 1 is 0.935 bits per heavy atom. The van der Waals surface area contributed by atoms with Crippen molar-refractivity contribution in [1.82, 2.24) is 9.78 Å². The molecule has 1 amide bonds. The van der Waals surface area contributed by atoms with Gasteiger partial charge in [-0.1, -0.05) is 24.3 Å². The van der Waals surface area contributed by atoms with Crippen LogP contribution in [0.25, 0.3) is 10.6 Å². The number of ether oxygens (including phenoxy) is 1. The number of amides is 1. The van der Waals surface area contributed by atoms with Gasteiger partial charge in [-0.25, -0.2) is 4.68 Å². The van der Waals surface area contributed by atoms with Crippen molar-refractivity contribution < 1.29 is 9.53 Å². The van der Waals surface area contributed by atoms with E-state index in [2.05, 4.69) is 10.4 Å². The first-order valence-corrected chi connectivity index (χ1v) is 10.8. The summed E-state index contributed by atoms with van der Waals surface area (Å²) in [4.78, 5) is 25.3. The first-order valence-electron chi connectivity index (χ1n) is 9.92. The van der Waals surface area contributed by atoms with Crippen molar-refractivity contribution in [1.29, 1.82) is 0 Å². The highest BCUT2D eigenvalue weighted by molar-refractivity contribution is 7.13. The van der Waals surface area contributed by atoms with Crippen LogP contribution in [-0.4, -0.2) is 15.7 Å². The van der Waals surface area contributed by atoms with Crippen LogP contribution in [-0.2, 0) is 11.3 Å². The van der Waals surface area contributed by atoms with Crippen molar-refractivity contribution in [2.45, 2.75) is 19.4 Å². The lowest BCUT2D eigenvalue weighted by Crippen LogP contribution is -2.23. The maximum atomic E-state index is 12.3. The fraction of sp³-hybridized carbons (Fsp3) is 0.125. The molecule has 0 spiro atoms. The van der Waals surface area contributed by atoms with E-state index in [1.165, 1.54) is 10.7 Å². The molecule has 0 radical (unpaired) electrons. The number of nitrogens with one attached hydrogen (secondary N) is 1. The lowest BCUT2D eigenvalue weighted by Gasteiger charge is -2.09. The van der Waals surface area contributed by atoms with Crippen LogP contribution in [0, 0.1) is 0 Å². The standard InChI is InChI=1S/C24H21N3O3S/c28-23(25-18-10-12-20(13-11-18)30-19-6-2-1-3-7-19)9-4-16-27-24(29)15-14-21(26-27)22-8-5-17-31-22/h1-3,5-8,10-15,17H,4,9,16H2,(H,25,28). The van der Waals surface area contributed by atoms with Gasteiger partial charge in [-0.3, -0.25) is 9.59 Å². The van der Waals surface area contributed by atoms with Gasteiger partial charge in [0.2, 0.25) is 5.91 Å². The van der Waals surface area contributed by atoms with Gasteiger partial charge >= 0.3 is 0 Å². The van der Waals surface area contributed by atoms with E-state index in [-0.39, 0.29) is 11.5 Å². The molecule has 31 heavy (non-hydrogen) atoms. The van der Waals surface area contributed by atoms with Crippen LogP contribution < -0.4 is 15.6 Å². The largest absolute Gasteiger partial charge is 0.457 e. The Bertz CT molecular complexity index is 1190. The van der Waals surface area contributed by atoms with Gasteiger partial charge in [0.25, 0.3) is 5.56 Å². The summed E-state index contributed by atoms with van der Waals surface area (Å²) in [6.45, 7) is 0.384. The molecule has 2 heterocycles. The predicted octanol–water partition coefficient (Wildman–Crippen LogP) is 5.18.